The van der Waals surface area contributed by atoms with Gasteiger partial charge in [0.2, 0.25) is 0 Å². The van der Waals surface area contributed by atoms with Crippen molar-refractivity contribution in [1.29, 1.82) is 0 Å². The lowest BCUT2D eigenvalue weighted by Gasteiger charge is -2.33. The molecule has 1 aliphatic heterocycles. The number of hydrogen-bond acceptors (Lipinski definition) is 10. The van der Waals surface area contributed by atoms with Gasteiger partial charge in [0.1, 0.15) is 16.3 Å². The Labute approximate surface area is 210 Å². The third kappa shape index (κ3) is 5.76. The molecule has 11 nitrogen and oxygen atoms in total. The molecule has 0 spiro atoms. The van der Waals surface area contributed by atoms with Crippen LogP contribution in [0.1, 0.15) is 22.8 Å². The Balaban J connectivity index is 1.63. The van der Waals surface area contributed by atoms with E-state index in [1.807, 2.05) is 18.3 Å². The van der Waals surface area contributed by atoms with Gasteiger partial charge in [0, 0.05) is 50.7 Å². The molecule has 0 aliphatic carbocycles. The number of halogens is 1. The molecule has 4 aromatic rings. The van der Waals surface area contributed by atoms with E-state index in [0.717, 1.165) is 24.2 Å². The van der Waals surface area contributed by atoms with Crippen LogP contribution in [-0.4, -0.2) is 54.7 Å². The van der Waals surface area contributed by atoms with Gasteiger partial charge in [0.05, 0.1) is 19.3 Å². The number of nitrogens with zero attached hydrogens (tertiary/aromatic N) is 2. The highest BCUT2D eigenvalue weighted by molar-refractivity contribution is 6.38. The summed E-state index contributed by atoms with van der Waals surface area (Å²) in [7, 11) is 0. The van der Waals surface area contributed by atoms with Gasteiger partial charge in [-0.2, -0.15) is 0 Å². The molecule has 190 valence electrons. The number of aromatic nitrogens is 1. The molecule has 1 aromatic carbocycles. The van der Waals surface area contributed by atoms with E-state index >= 15 is 0 Å². The quantitative estimate of drug-likeness (QED) is 0.446. The SMILES string of the molecule is CCOc1c(C(=O)NCC2CN(Cc3cccnc3)CCO2)c2oc(=O)ccc(=O)oc1c(N)c2Cl. The molecular weight excluding hydrogens is 492 g/mol. The Morgan fingerprint density at radius 1 is 1.25 bits per heavy atom. The van der Waals surface area contributed by atoms with Gasteiger partial charge >= 0.3 is 11.3 Å². The van der Waals surface area contributed by atoms with Crippen molar-refractivity contribution in [3.05, 3.63) is 73.6 Å². The Morgan fingerprint density at radius 3 is 2.69 bits per heavy atom. The first kappa shape index (κ1) is 25.4. The van der Waals surface area contributed by atoms with Gasteiger partial charge in [-0.15, -0.1) is 0 Å². The highest BCUT2D eigenvalue weighted by Gasteiger charge is 2.28. The van der Waals surface area contributed by atoms with Gasteiger partial charge in [0.15, 0.2) is 16.9 Å². The first-order valence-corrected chi connectivity index (χ1v) is 11.7. The summed E-state index contributed by atoms with van der Waals surface area (Å²) < 4.78 is 22.0. The number of pyridine rings is 1. The molecular formula is C24H25ClN4O7. The van der Waals surface area contributed by atoms with Gasteiger partial charge < -0.3 is 29.4 Å². The zero-order valence-corrected chi connectivity index (χ0v) is 20.2. The lowest BCUT2D eigenvalue weighted by Crippen LogP contribution is -2.47. The minimum Gasteiger partial charge on any atom is -0.489 e. The summed E-state index contributed by atoms with van der Waals surface area (Å²) in [6, 6.07) is 5.61. The number of benzene rings is 1. The summed E-state index contributed by atoms with van der Waals surface area (Å²) in [6.07, 6.45) is 3.23. The number of ether oxygens (including phenoxy) is 2. The van der Waals surface area contributed by atoms with E-state index in [1.165, 1.54) is 0 Å². The summed E-state index contributed by atoms with van der Waals surface area (Å²) in [4.78, 5) is 44.1. The van der Waals surface area contributed by atoms with Crippen molar-refractivity contribution < 1.29 is 23.1 Å². The molecule has 1 amide bonds. The van der Waals surface area contributed by atoms with E-state index in [1.54, 1.807) is 13.1 Å². The van der Waals surface area contributed by atoms with E-state index in [4.69, 9.17) is 35.6 Å². The molecule has 0 radical (unpaired) electrons. The molecule has 5 rings (SSSR count). The van der Waals surface area contributed by atoms with E-state index in [0.29, 0.717) is 19.7 Å². The van der Waals surface area contributed by atoms with Gasteiger partial charge in [-0.25, -0.2) is 9.59 Å². The van der Waals surface area contributed by atoms with Gasteiger partial charge in [0.25, 0.3) is 5.91 Å². The maximum Gasteiger partial charge on any atom is 0.336 e. The largest absolute Gasteiger partial charge is 0.489 e. The molecule has 2 bridgehead atoms. The lowest BCUT2D eigenvalue weighted by atomic mass is 10.1. The average Bonchev–Trinajstić information content (AvgIpc) is 2.87. The second-order valence-corrected chi connectivity index (χ2v) is 8.38. The zero-order chi connectivity index (χ0) is 25.7. The predicted octanol–water partition coefficient (Wildman–Crippen LogP) is 1.97. The normalized spacial score (nSPS) is 16.0. The molecule has 36 heavy (non-hydrogen) atoms. The van der Waals surface area contributed by atoms with Gasteiger partial charge in [-0.1, -0.05) is 17.7 Å². The van der Waals surface area contributed by atoms with Crippen LogP contribution in [0.2, 0.25) is 5.02 Å². The maximum absolute atomic E-state index is 13.4. The van der Waals surface area contributed by atoms with E-state index in [9.17, 15) is 14.4 Å². The van der Waals surface area contributed by atoms with Crippen molar-refractivity contribution >= 4 is 34.4 Å². The molecule has 12 heteroatoms. The fraction of sp³-hybridized carbons (Fsp3) is 0.333. The van der Waals surface area contributed by atoms with E-state index in [2.05, 4.69) is 15.2 Å². The van der Waals surface area contributed by atoms with Crippen molar-refractivity contribution in [2.24, 2.45) is 0 Å². The third-order valence-corrected chi connectivity index (χ3v) is 5.83. The van der Waals surface area contributed by atoms with Crippen LogP contribution in [0.15, 0.2) is 55.1 Å². The molecule has 4 heterocycles. The number of hydrogen-bond donors (Lipinski definition) is 2. The van der Waals surface area contributed by atoms with Crippen molar-refractivity contribution in [3.63, 3.8) is 0 Å². The molecule has 1 fully saturated rings. The monoisotopic (exact) mass is 516 g/mol. The number of nitrogen functional groups attached to an aromatic ring is 1. The van der Waals surface area contributed by atoms with Crippen LogP contribution in [0.4, 0.5) is 5.69 Å². The summed E-state index contributed by atoms with van der Waals surface area (Å²) in [5.41, 5.74) is 4.29. The summed E-state index contributed by atoms with van der Waals surface area (Å²) in [5, 5.41) is 2.52. The van der Waals surface area contributed by atoms with Gasteiger partial charge in [-0.3, -0.25) is 14.7 Å². The standard InChI is InChI=1S/C24H25ClN4O7/c1-2-33-22-18(21-19(25)20(26)23(22)36-17(31)6-5-16(30)35-21)24(32)28-11-15-13-29(8-9-34-15)12-14-4-3-7-27-10-14/h3-7,10,15H,2,8-9,11-13,26H2,1H3,(H,28,32). The van der Waals surface area contributed by atoms with Crippen LogP contribution < -0.4 is 27.0 Å². The van der Waals surface area contributed by atoms with E-state index < -0.39 is 17.2 Å². The highest BCUT2D eigenvalue weighted by Crippen LogP contribution is 2.39. The van der Waals surface area contributed by atoms with Crippen LogP contribution >= 0.6 is 11.6 Å². The Kier molecular flexibility index (Phi) is 8.04. The molecule has 3 aromatic heterocycles. The Bertz CT molecular complexity index is 1390. The summed E-state index contributed by atoms with van der Waals surface area (Å²) >= 11 is 6.33. The maximum atomic E-state index is 13.4. The number of carbonyl (C=O) groups excluding carboxylic acids is 1. The smallest absolute Gasteiger partial charge is 0.336 e. The number of nitrogens with two attached hydrogens (primary N) is 1. The second kappa shape index (κ2) is 11.4. The average molecular weight is 517 g/mol. The van der Waals surface area contributed by atoms with Crippen molar-refractivity contribution in [2.75, 3.05) is 38.6 Å². The highest BCUT2D eigenvalue weighted by atomic mass is 35.5. The molecule has 0 saturated carbocycles. The van der Waals surface area contributed by atoms with Crippen LogP contribution in [0.3, 0.4) is 0 Å². The molecule has 1 atom stereocenters. The van der Waals surface area contributed by atoms with Crippen LogP contribution in [-0.2, 0) is 11.3 Å². The summed E-state index contributed by atoms with van der Waals surface area (Å²) in [6.45, 7) is 4.43. The molecule has 1 aliphatic rings. The lowest BCUT2D eigenvalue weighted by molar-refractivity contribution is -0.0293. The minimum atomic E-state index is -0.943. The van der Waals surface area contributed by atoms with Crippen LogP contribution in [0, 0.1) is 0 Å². The first-order valence-electron chi connectivity index (χ1n) is 11.3. The topological polar surface area (TPSA) is 150 Å². The molecule has 3 N–H and O–H groups in total. The Morgan fingerprint density at radius 2 is 2.00 bits per heavy atom. The number of nitrogens with one attached hydrogen (secondary N) is 1. The predicted molar refractivity (Wildman–Crippen MR) is 132 cm³/mol. The fourth-order valence-electron chi connectivity index (χ4n) is 3.85. The number of rotatable bonds is 7. The van der Waals surface area contributed by atoms with Crippen molar-refractivity contribution in [2.45, 2.75) is 19.6 Å². The van der Waals surface area contributed by atoms with Gasteiger partial charge in [-0.05, 0) is 18.6 Å². The van der Waals surface area contributed by atoms with Crippen molar-refractivity contribution in [3.8, 4) is 5.75 Å². The molecule has 1 unspecified atom stereocenters. The number of amides is 1. The number of fused-ring (bicyclic) bond motifs is 7. The number of morpholine rings is 1. The minimum absolute atomic E-state index is 0.101. The zero-order valence-electron chi connectivity index (χ0n) is 19.5. The fourth-order valence-corrected chi connectivity index (χ4v) is 4.07. The summed E-state index contributed by atoms with van der Waals surface area (Å²) in [5.74, 6) is -0.830. The van der Waals surface area contributed by atoms with Crippen molar-refractivity contribution in [1.82, 2.24) is 15.2 Å². The first-order chi connectivity index (χ1) is 17.4. The number of carbonyl (C=O) groups is 1. The molecule has 1 saturated heterocycles. The Hall–Kier alpha value is -3.67. The second-order valence-electron chi connectivity index (χ2n) is 8.00. The van der Waals surface area contributed by atoms with Crippen LogP contribution in [0.5, 0.6) is 5.75 Å². The number of anilines is 1. The van der Waals surface area contributed by atoms with E-state index in [-0.39, 0.29) is 52.4 Å². The third-order valence-electron chi connectivity index (χ3n) is 5.46. The van der Waals surface area contributed by atoms with Crippen LogP contribution in [0.25, 0.3) is 11.2 Å².